The molecule has 1 aromatic rings. The number of hydrogen-bond donors (Lipinski definition) is 2. The van der Waals surface area contributed by atoms with E-state index in [9.17, 15) is 5.11 Å². The minimum absolute atomic E-state index is 0.121. The third-order valence-corrected chi connectivity index (χ3v) is 4.94. The third-order valence-electron chi connectivity index (χ3n) is 4.94. The van der Waals surface area contributed by atoms with Crippen molar-refractivity contribution in [3.05, 3.63) is 24.4 Å². The minimum atomic E-state index is -0.586. The second kappa shape index (κ2) is 7.83. The van der Waals surface area contributed by atoms with Gasteiger partial charge in [-0.2, -0.15) is 0 Å². The van der Waals surface area contributed by atoms with Gasteiger partial charge in [0.15, 0.2) is 5.96 Å². The predicted molar refractivity (Wildman–Crippen MR) is 94.2 cm³/mol. The monoisotopic (exact) mass is 332 g/mol. The normalized spacial score (nSPS) is 24.0. The topological polar surface area (TPSA) is 70.0 Å². The Morgan fingerprint density at radius 3 is 2.96 bits per heavy atom. The fraction of sp³-hybridized carbons (Fsp3) is 0.667. The first kappa shape index (κ1) is 17.0. The van der Waals surface area contributed by atoms with Gasteiger partial charge in [0, 0.05) is 38.8 Å². The first-order chi connectivity index (χ1) is 11.7. The van der Waals surface area contributed by atoms with Gasteiger partial charge in [0.05, 0.1) is 12.1 Å². The molecule has 0 aromatic carbocycles. The number of pyridine rings is 1. The summed E-state index contributed by atoms with van der Waals surface area (Å²) in [5.74, 6) is 1.52. The number of guanidine groups is 1. The van der Waals surface area contributed by atoms with E-state index < -0.39 is 5.60 Å². The van der Waals surface area contributed by atoms with E-state index in [4.69, 9.17) is 4.74 Å². The van der Waals surface area contributed by atoms with Gasteiger partial charge >= 0.3 is 0 Å². The van der Waals surface area contributed by atoms with Crippen LogP contribution in [-0.2, 0) is 0 Å². The number of likely N-dealkylation sites (tertiary alicyclic amines) is 1. The van der Waals surface area contributed by atoms with Gasteiger partial charge in [-0.05, 0) is 18.9 Å². The molecule has 3 rings (SSSR count). The Labute approximate surface area is 143 Å². The largest absolute Gasteiger partial charge is 0.472 e. The van der Waals surface area contributed by atoms with Crippen molar-refractivity contribution in [2.45, 2.75) is 50.2 Å². The average Bonchev–Trinajstić information content (AvgIpc) is 3.05. The van der Waals surface area contributed by atoms with Crippen LogP contribution in [0.1, 0.15) is 38.5 Å². The molecule has 1 aliphatic carbocycles. The molecule has 0 radical (unpaired) electrons. The minimum Gasteiger partial charge on any atom is -0.472 e. The Bertz CT molecular complexity index is 543. The van der Waals surface area contributed by atoms with Crippen LogP contribution in [0.15, 0.2) is 29.4 Å². The third kappa shape index (κ3) is 4.38. The summed E-state index contributed by atoms with van der Waals surface area (Å²) in [6.07, 6.45) is 8.02. The average molecular weight is 332 g/mol. The molecule has 2 fully saturated rings. The van der Waals surface area contributed by atoms with Crippen LogP contribution in [0.4, 0.5) is 0 Å². The summed E-state index contributed by atoms with van der Waals surface area (Å²) >= 11 is 0. The second-order valence-electron chi connectivity index (χ2n) is 6.83. The van der Waals surface area contributed by atoms with E-state index in [1.54, 1.807) is 13.2 Å². The van der Waals surface area contributed by atoms with Crippen LogP contribution in [0, 0.1) is 0 Å². The Kier molecular flexibility index (Phi) is 5.56. The number of nitrogens with one attached hydrogen (secondary N) is 1. The molecular weight excluding hydrogens is 304 g/mol. The van der Waals surface area contributed by atoms with Gasteiger partial charge in [-0.1, -0.05) is 25.3 Å². The van der Waals surface area contributed by atoms with E-state index in [1.807, 2.05) is 18.2 Å². The summed E-state index contributed by atoms with van der Waals surface area (Å²) in [6.45, 7) is 2.26. The Hall–Kier alpha value is -1.82. The van der Waals surface area contributed by atoms with Gasteiger partial charge in [-0.25, -0.2) is 4.98 Å². The molecule has 1 unspecified atom stereocenters. The molecule has 1 saturated heterocycles. The van der Waals surface area contributed by atoms with Crippen molar-refractivity contribution in [3.63, 3.8) is 0 Å². The summed E-state index contributed by atoms with van der Waals surface area (Å²) in [6, 6.07) is 5.70. The zero-order valence-electron chi connectivity index (χ0n) is 14.4. The summed E-state index contributed by atoms with van der Waals surface area (Å²) in [5.41, 5.74) is -0.586. The maximum atomic E-state index is 10.6. The van der Waals surface area contributed by atoms with E-state index in [0.29, 0.717) is 12.4 Å². The summed E-state index contributed by atoms with van der Waals surface area (Å²) in [4.78, 5) is 10.8. The van der Waals surface area contributed by atoms with Crippen LogP contribution < -0.4 is 10.1 Å². The lowest BCUT2D eigenvalue weighted by atomic mass is 9.85. The maximum absolute atomic E-state index is 10.6. The lowest BCUT2D eigenvalue weighted by Gasteiger charge is -2.33. The van der Waals surface area contributed by atoms with Gasteiger partial charge in [0.2, 0.25) is 5.88 Å². The fourth-order valence-corrected chi connectivity index (χ4v) is 3.57. The molecule has 6 nitrogen and oxygen atoms in total. The second-order valence-corrected chi connectivity index (χ2v) is 6.83. The summed E-state index contributed by atoms with van der Waals surface area (Å²) < 4.78 is 5.93. The highest BCUT2D eigenvalue weighted by Gasteiger charge is 2.31. The van der Waals surface area contributed by atoms with Crippen LogP contribution >= 0.6 is 0 Å². The SMILES string of the molecule is CN=C(NCC1(O)CCCCC1)N1CCC(Oc2ccccn2)C1. The number of rotatable bonds is 4. The van der Waals surface area contributed by atoms with Crippen molar-refractivity contribution in [1.82, 2.24) is 15.2 Å². The molecule has 2 aliphatic rings. The van der Waals surface area contributed by atoms with Crippen molar-refractivity contribution in [3.8, 4) is 5.88 Å². The molecule has 0 amide bonds. The van der Waals surface area contributed by atoms with Gasteiger partial charge in [0.1, 0.15) is 6.10 Å². The van der Waals surface area contributed by atoms with E-state index >= 15 is 0 Å². The highest BCUT2D eigenvalue weighted by molar-refractivity contribution is 5.80. The van der Waals surface area contributed by atoms with E-state index in [0.717, 1.165) is 51.2 Å². The highest BCUT2D eigenvalue weighted by atomic mass is 16.5. The Balaban J connectivity index is 1.49. The zero-order chi connectivity index (χ0) is 16.8. The van der Waals surface area contributed by atoms with E-state index in [1.165, 1.54) is 6.42 Å². The Morgan fingerprint density at radius 2 is 2.25 bits per heavy atom. The Morgan fingerprint density at radius 1 is 1.42 bits per heavy atom. The van der Waals surface area contributed by atoms with Gasteiger partial charge in [-0.15, -0.1) is 0 Å². The van der Waals surface area contributed by atoms with E-state index in [2.05, 4.69) is 20.2 Å². The number of aliphatic imine (C=N–C) groups is 1. The van der Waals surface area contributed by atoms with Gasteiger partial charge < -0.3 is 20.1 Å². The molecular formula is C18H28N4O2. The maximum Gasteiger partial charge on any atom is 0.213 e. The molecule has 24 heavy (non-hydrogen) atoms. The van der Waals surface area contributed by atoms with Gasteiger partial charge in [-0.3, -0.25) is 4.99 Å². The smallest absolute Gasteiger partial charge is 0.213 e. The lowest BCUT2D eigenvalue weighted by molar-refractivity contribution is 0.00818. The van der Waals surface area contributed by atoms with Crippen LogP contribution in [-0.4, -0.2) is 59.3 Å². The molecule has 2 heterocycles. The van der Waals surface area contributed by atoms with Crippen LogP contribution in [0.5, 0.6) is 5.88 Å². The van der Waals surface area contributed by atoms with Crippen molar-refractivity contribution in [1.29, 1.82) is 0 Å². The molecule has 1 atom stereocenters. The van der Waals surface area contributed by atoms with Gasteiger partial charge in [0.25, 0.3) is 0 Å². The van der Waals surface area contributed by atoms with Crippen molar-refractivity contribution in [2.24, 2.45) is 4.99 Å². The predicted octanol–water partition coefficient (Wildman–Crippen LogP) is 1.81. The van der Waals surface area contributed by atoms with Crippen LogP contribution in [0.2, 0.25) is 0 Å². The molecule has 0 bridgehead atoms. The molecule has 1 saturated carbocycles. The molecule has 0 spiro atoms. The van der Waals surface area contributed by atoms with Crippen LogP contribution in [0.3, 0.4) is 0 Å². The first-order valence-electron chi connectivity index (χ1n) is 8.94. The summed E-state index contributed by atoms with van der Waals surface area (Å²) in [7, 11) is 1.79. The van der Waals surface area contributed by atoms with Crippen molar-refractivity contribution in [2.75, 3.05) is 26.7 Å². The lowest BCUT2D eigenvalue weighted by Crippen LogP contribution is -2.49. The standard InChI is InChI=1S/C18H28N4O2/c1-19-17(21-14-18(23)9-4-2-5-10-18)22-12-8-15(13-22)24-16-7-3-6-11-20-16/h3,6-7,11,15,23H,2,4-5,8-10,12-14H2,1H3,(H,19,21). The number of aliphatic hydroxyl groups is 1. The first-order valence-corrected chi connectivity index (χ1v) is 8.94. The molecule has 132 valence electrons. The number of hydrogen-bond acceptors (Lipinski definition) is 4. The molecule has 1 aromatic heterocycles. The number of nitrogens with zero attached hydrogens (tertiary/aromatic N) is 3. The fourth-order valence-electron chi connectivity index (χ4n) is 3.57. The molecule has 1 aliphatic heterocycles. The van der Waals surface area contributed by atoms with Crippen molar-refractivity contribution < 1.29 is 9.84 Å². The number of aromatic nitrogens is 1. The quantitative estimate of drug-likeness (QED) is 0.650. The molecule has 2 N–H and O–H groups in total. The zero-order valence-corrected chi connectivity index (χ0v) is 14.4. The molecule has 6 heteroatoms. The highest BCUT2D eigenvalue weighted by Crippen LogP contribution is 2.27. The summed E-state index contributed by atoms with van der Waals surface area (Å²) in [5, 5.41) is 14.0. The number of ether oxygens (including phenoxy) is 1. The van der Waals surface area contributed by atoms with Crippen LogP contribution in [0.25, 0.3) is 0 Å². The van der Waals surface area contributed by atoms with E-state index in [-0.39, 0.29) is 6.10 Å². The van der Waals surface area contributed by atoms with Crippen molar-refractivity contribution >= 4 is 5.96 Å².